The van der Waals surface area contributed by atoms with Crippen molar-refractivity contribution >= 4 is 5.69 Å². The number of rotatable bonds is 2. The van der Waals surface area contributed by atoms with Crippen molar-refractivity contribution < 1.29 is 5.11 Å². The lowest BCUT2D eigenvalue weighted by atomic mass is 10.00. The molecule has 0 spiro atoms. The summed E-state index contributed by atoms with van der Waals surface area (Å²) in [6, 6.07) is 16.1. The van der Waals surface area contributed by atoms with Gasteiger partial charge in [-0.1, -0.05) is 38.1 Å². The van der Waals surface area contributed by atoms with Crippen LogP contribution in [-0.4, -0.2) is 5.11 Å². The number of anilines is 1. The molecule has 0 bridgehead atoms. The van der Waals surface area contributed by atoms with Crippen LogP contribution >= 0.6 is 0 Å². The van der Waals surface area contributed by atoms with Gasteiger partial charge in [-0.25, -0.2) is 0 Å². The van der Waals surface area contributed by atoms with Crippen molar-refractivity contribution in [1.29, 1.82) is 5.26 Å². The fraction of sp³-hybridized carbons (Fsp3) is 0.188. The molecule has 19 heavy (non-hydrogen) atoms. The summed E-state index contributed by atoms with van der Waals surface area (Å²) in [5.74, 6) is 0. The molecule has 0 aliphatic heterocycles. The molecule has 0 saturated heterocycles. The highest BCUT2D eigenvalue weighted by Gasteiger charge is 2.10. The number of nitrogen functional groups attached to an aromatic ring is 1. The first-order chi connectivity index (χ1) is 9.20. The van der Waals surface area contributed by atoms with Gasteiger partial charge in [-0.05, 0) is 35.4 Å². The van der Waals surface area contributed by atoms with E-state index < -0.39 is 6.10 Å². The van der Waals surface area contributed by atoms with E-state index in [1.807, 2.05) is 19.9 Å². The van der Waals surface area contributed by atoms with Gasteiger partial charge < -0.3 is 10.8 Å². The van der Waals surface area contributed by atoms with E-state index >= 15 is 0 Å². The van der Waals surface area contributed by atoms with Gasteiger partial charge in [0.15, 0.2) is 0 Å². The molecule has 0 fully saturated rings. The summed E-state index contributed by atoms with van der Waals surface area (Å²) in [7, 11) is 0. The highest BCUT2D eigenvalue weighted by molar-refractivity contribution is 5.44. The molecule has 0 amide bonds. The third-order valence-corrected chi connectivity index (χ3v) is 2.56. The van der Waals surface area contributed by atoms with Crippen LogP contribution in [0, 0.1) is 11.3 Å². The zero-order chi connectivity index (χ0) is 14.3. The molecule has 0 aliphatic rings. The van der Waals surface area contributed by atoms with Crippen molar-refractivity contribution in [1.82, 2.24) is 0 Å². The predicted octanol–water partition coefficient (Wildman–Crippen LogP) is 3.25. The quantitative estimate of drug-likeness (QED) is 0.808. The Kier molecular flexibility index (Phi) is 5.59. The van der Waals surface area contributed by atoms with E-state index in [-0.39, 0.29) is 0 Å². The lowest BCUT2D eigenvalue weighted by molar-refractivity contribution is 0.220. The number of nitriles is 1. The van der Waals surface area contributed by atoms with Crippen molar-refractivity contribution in [3.8, 4) is 6.07 Å². The predicted molar refractivity (Wildman–Crippen MR) is 77.4 cm³/mol. The maximum Gasteiger partial charge on any atom is 0.104 e. The van der Waals surface area contributed by atoms with Crippen LogP contribution in [0.3, 0.4) is 0 Å². The first kappa shape index (κ1) is 14.7. The van der Waals surface area contributed by atoms with Crippen LogP contribution < -0.4 is 5.73 Å². The monoisotopic (exact) mass is 254 g/mol. The third-order valence-electron chi connectivity index (χ3n) is 2.56. The number of aliphatic hydroxyl groups is 1. The molecule has 1 unspecified atom stereocenters. The Morgan fingerprint density at radius 2 is 1.63 bits per heavy atom. The second kappa shape index (κ2) is 7.20. The minimum absolute atomic E-state index is 0.533. The van der Waals surface area contributed by atoms with Gasteiger partial charge >= 0.3 is 0 Å². The number of hydrogen-bond acceptors (Lipinski definition) is 3. The van der Waals surface area contributed by atoms with Crippen molar-refractivity contribution in [3.05, 3.63) is 65.2 Å². The van der Waals surface area contributed by atoms with E-state index in [2.05, 4.69) is 0 Å². The molecule has 2 aromatic rings. The molecule has 98 valence electrons. The molecule has 3 nitrogen and oxygen atoms in total. The molecule has 0 saturated carbocycles. The SMILES string of the molecule is CC.N#Cc1cccc(C(O)c2cccc(N)c2)c1. The average molecular weight is 254 g/mol. The fourth-order valence-corrected chi connectivity index (χ4v) is 1.70. The topological polar surface area (TPSA) is 70.0 Å². The van der Waals surface area contributed by atoms with E-state index in [0.29, 0.717) is 16.8 Å². The van der Waals surface area contributed by atoms with Crippen LogP contribution in [0.15, 0.2) is 48.5 Å². The minimum atomic E-state index is -0.758. The van der Waals surface area contributed by atoms with E-state index in [4.69, 9.17) is 11.0 Å². The van der Waals surface area contributed by atoms with E-state index in [9.17, 15) is 5.11 Å². The zero-order valence-corrected chi connectivity index (χ0v) is 11.2. The van der Waals surface area contributed by atoms with Gasteiger partial charge in [0.2, 0.25) is 0 Å². The van der Waals surface area contributed by atoms with Gasteiger partial charge in [0.25, 0.3) is 0 Å². The molecule has 3 N–H and O–H groups in total. The fourth-order valence-electron chi connectivity index (χ4n) is 1.70. The number of benzene rings is 2. The highest BCUT2D eigenvalue weighted by Crippen LogP contribution is 2.23. The van der Waals surface area contributed by atoms with Gasteiger partial charge in [-0.2, -0.15) is 5.26 Å². The average Bonchev–Trinajstić information content (AvgIpc) is 2.48. The number of hydrogen-bond donors (Lipinski definition) is 2. The molecule has 0 radical (unpaired) electrons. The van der Waals surface area contributed by atoms with Gasteiger partial charge in [0, 0.05) is 5.69 Å². The second-order valence-electron chi connectivity index (χ2n) is 3.81. The van der Waals surface area contributed by atoms with Crippen LogP contribution in [0.2, 0.25) is 0 Å². The lowest BCUT2D eigenvalue weighted by Crippen LogP contribution is -2.00. The standard InChI is InChI=1S/C14H12N2O.C2H6/c15-9-10-3-1-4-11(7-10)14(17)12-5-2-6-13(16)8-12;1-2/h1-8,14,17H,16H2;1-2H3. The molecule has 0 heterocycles. The largest absolute Gasteiger partial charge is 0.399 e. The summed E-state index contributed by atoms with van der Waals surface area (Å²) in [4.78, 5) is 0. The van der Waals surface area contributed by atoms with Crippen LogP contribution in [0.5, 0.6) is 0 Å². The maximum atomic E-state index is 10.2. The van der Waals surface area contributed by atoms with Crippen LogP contribution in [0.1, 0.15) is 36.6 Å². The van der Waals surface area contributed by atoms with E-state index in [0.717, 1.165) is 5.56 Å². The minimum Gasteiger partial charge on any atom is -0.399 e. The Labute approximate surface area is 113 Å². The third kappa shape index (κ3) is 3.84. The van der Waals surface area contributed by atoms with Crippen molar-refractivity contribution in [3.63, 3.8) is 0 Å². The molecule has 3 heteroatoms. The normalized spacial score (nSPS) is 10.8. The Morgan fingerprint density at radius 1 is 1.05 bits per heavy atom. The van der Waals surface area contributed by atoms with E-state index in [1.54, 1.807) is 48.5 Å². The summed E-state index contributed by atoms with van der Waals surface area (Å²) in [5, 5.41) is 19.0. The molecule has 0 aromatic heterocycles. The molecular formula is C16H18N2O. The van der Waals surface area contributed by atoms with Crippen LogP contribution in [-0.2, 0) is 0 Å². The summed E-state index contributed by atoms with van der Waals surface area (Å²) < 4.78 is 0. The van der Waals surface area contributed by atoms with Crippen molar-refractivity contribution in [2.45, 2.75) is 20.0 Å². The number of nitrogens with zero attached hydrogens (tertiary/aromatic N) is 1. The number of nitrogens with two attached hydrogens (primary N) is 1. The number of aliphatic hydroxyl groups excluding tert-OH is 1. The summed E-state index contributed by atoms with van der Waals surface area (Å²) in [6.07, 6.45) is -0.758. The smallest absolute Gasteiger partial charge is 0.104 e. The Morgan fingerprint density at radius 3 is 2.21 bits per heavy atom. The summed E-state index contributed by atoms with van der Waals surface area (Å²) in [5.41, 5.74) is 8.22. The first-order valence-electron chi connectivity index (χ1n) is 6.24. The zero-order valence-electron chi connectivity index (χ0n) is 11.2. The Balaban J connectivity index is 0.000000861. The highest BCUT2D eigenvalue weighted by atomic mass is 16.3. The van der Waals surface area contributed by atoms with E-state index in [1.165, 1.54) is 0 Å². The summed E-state index contributed by atoms with van der Waals surface area (Å²) in [6.45, 7) is 4.00. The first-order valence-corrected chi connectivity index (χ1v) is 6.24. The maximum absolute atomic E-state index is 10.2. The van der Waals surface area contributed by atoms with Gasteiger partial charge in [-0.3, -0.25) is 0 Å². The van der Waals surface area contributed by atoms with Gasteiger partial charge in [0.05, 0.1) is 11.6 Å². The molecular weight excluding hydrogens is 236 g/mol. The lowest BCUT2D eigenvalue weighted by Gasteiger charge is -2.12. The van der Waals surface area contributed by atoms with Crippen molar-refractivity contribution in [2.75, 3.05) is 5.73 Å². The van der Waals surface area contributed by atoms with Gasteiger partial charge in [-0.15, -0.1) is 0 Å². The molecule has 0 aliphatic carbocycles. The molecule has 2 aromatic carbocycles. The van der Waals surface area contributed by atoms with Crippen molar-refractivity contribution in [2.24, 2.45) is 0 Å². The Bertz CT molecular complexity index is 573. The van der Waals surface area contributed by atoms with Gasteiger partial charge in [0.1, 0.15) is 6.10 Å². The Hall–Kier alpha value is -2.31. The second-order valence-corrected chi connectivity index (χ2v) is 3.81. The van der Waals surface area contributed by atoms with Crippen LogP contribution in [0.25, 0.3) is 0 Å². The summed E-state index contributed by atoms with van der Waals surface area (Å²) >= 11 is 0. The molecule has 1 atom stereocenters. The van der Waals surface area contributed by atoms with Crippen LogP contribution in [0.4, 0.5) is 5.69 Å². The molecule has 2 rings (SSSR count).